The summed E-state index contributed by atoms with van der Waals surface area (Å²) in [4.78, 5) is 0.0595. The van der Waals surface area contributed by atoms with Crippen LogP contribution in [0.15, 0.2) is 30.3 Å². The minimum Gasteiger partial charge on any atom is -0.310 e. The molecule has 1 saturated carbocycles. The normalized spacial score (nSPS) is 37.5. The average Bonchev–Trinajstić information content (AvgIpc) is 2.38. The van der Waals surface area contributed by atoms with E-state index >= 15 is 0 Å². The van der Waals surface area contributed by atoms with Crippen molar-refractivity contribution in [1.82, 2.24) is 5.32 Å². The monoisotopic (exact) mass is 249 g/mol. The maximum atomic E-state index is 6.88. The third-order valence-electron chi connectivity index (χ3n) is 4.49. The molecule has 1 saturated heterocycles. The Balaban J connectivity index is 1.89. The molecule has 1 N–H and O–H groups in total. The van der Waals surface area contributed by atoms with Crippen LogP contribution in [0.3, 0.4) is 0 Å². The molecule has 0 spiro atoms. The zero-order valence-corrected chi connectivity index (χ0v) is 10.9. The zero-order valence-electron chi connectivity index (χ0n) is 10.2. The maximum Gasteiger partial charge on any atom is 0.0505 e. The third kappa shape index (κ3) is 2.11. The van der Waals surface area contributed by atoms with Gasteiger partial charge in [-0.1, -0.05) is 43.2 Å². The molecule has 0 unspecified atom stereocenters. The lowest BCUT2D eigenvalue weighted by atomic mass is 9.69. The third-order valence-corrected chi connectivity index (χ3v) is 5.15. The Hall–Kier alpha value is -0.530. The predicted octanol–water partition coefficient (Wildman–Crippen LogP) is 3.89. The highest BCUT2D eigenvalue weighted by Crippen LogP contribution is 2.49. The number of fused-ring (bicyclic) bond motifs is 1. The lowest BCUT2D eigenvalue weighted by Crippen LogP contribution is -2.50. The molecule has 0 amide bonds. The summed E-state index contributed by atoms with van der Waals surface area (Å²) in [5.41, 5.74) is 1.41. The van der Waals surface area contributed by atoms with Gasteiger partial charge in [0.05, 0.1) is 4.87 Å². The van der Waals surface area contributed by atoms with Gasteiger partial charge >= 0.3 is 0 Å². The number of rotatable bonds is 1. The predicted molar refractivity (Wildman–Crippen MR) is 72.3 cm³/mol. The quantitative estimate of drug-likeness (QED) is 0.745. The van der Waals surface area contributed by atoms with Crippen molar-refractivity contribution in [3.8, 4) is 0 Å². The summed E-state index contributed by atoms with van der Waals surface area (Å²) in [5, 5.41) is 3.68. The summed E-state index contributed by atoms with van der Waals surface area (Å²) in [6, 6.07) is 11.3. The summed E-state index contributed by atoms with van der Waals surface area (Å²) in [6.45, 7) is 1.06. The average molecular weight is 250 g/mol. The Labute approximate surface area is 109 Å². The van der Waals surface area contributed by atoms with E-state index in [1.165, 1.54) is 31.2 Å². The largest absolute Gasteiger partial charge is 0.310 e. The molecule has 3 rings (SSSR count). The molecule has 1 aromatic rings. The molecule has 1 heterocycles. The van der Waals surface area contributed by atoms with Gasteiger partial charge in [0.1, 0.15) is 0 Å². The van der Waals surface area contributed by atoms with Crippen LogP contribution in [0, 0.1) is 5.92 Å². The van der Waals surface area contributed by atoms with Crippen LogP contribution in [-0.2, 0) is 0 Å². The molecular weight excluding hydrogens is 230 g/mol. The zero-order chi connectivity index (χ0) is 11.7. The highest BCUT2D eigenvalue weighted by atomic mass is 35.5. The second-order valence-electron chi connectivity index (χ2n) is 5.48. The molecule has 3 atom stereocenters. The van der Waals surface area contributed by atoms with E-state index in [1.807, 2.05) is 0 Å². The topological polar surface area (TPSA) is 12.0 Å². The summed E-state index contributed by atoms with van der Waals surface area (Å²) in [7, 11) is 0. The Kier molecular flexibility index (Phi) is 3.14. The van der Waals surface area contributed by atoms with Crippen LogP contribution in [0.5, 0.6) is 0 Å². The first kappa shape index (κ1) is 11.6. The van der Waals surface area contributed by atoms with Gasteiger partial charge in [-0.2, -0.15) is 0 Å². The van der Waals surface area contributed by atoms with Gasteiger partial charge in [0.25, 0.3) is 0 Å². The Morgan fingerprint density at radius 1 is 1.12 bits per heavy atom. The fourth-order valence-electron chi connectivity index (χ4n) is 3.59. The molecule has 17 heavy (non-hydrogen) atoms. The fraction of sp³-hybridized carbons (Fsp3) is 0.600. The van der Waals surface area contributed by atoms with E-state index in [0.717, 1.165) is 13.0 Å². The van der Waals surface area contributed by atoms with Gasteiger partial charge in [-0.25, -0.2) is 0 Å². The maximum absolute atomic E-state index is 6.88. The first-order valence-electron chi connectivity index (χ1n) is 6.77. The van der Waals surface area contributed by atoms with Gasteiger partial charge in [0.2, 0.25) is 0 Å². The van der Waals surface area contributed by atoms with Crippen LogP contribution in [-0.4, -0.2) is 11.4 Å². The SMILES string of the molecule is Cl[C@]12CCCC[C@@H]1[C@@H](c1ccccc1)NCC2. The van der Waals surface area contributed by atoms with Crippen LogP contribution in [0.1, 0.15) is 43.7 Å². The molecule has 1 aliphatic heterocycles. The van der Waals surface area contributed by atoms with E-state index in [2.05, 4.69) is 35.6 Å². The highest BCUT2D eigenvalue weighted by molar-refractivity contribution is 6.24. The standard InChI is InChI=1S/C15H20ClN/c16-15-9-5-4-8-13(15)14(17-11-10-15)12-6-2-1-3-7-12/h1-3,6-7,13-14,17H,4-5,8-11H2/t13-,14-,15+/m1/s1. The van der Waals surface area contributed by atoms with Crippen LogP contribution in [0.25, 0.3) is 0 Å². The molecule has 2 fully saturated rings. The van der Waals surface area contributed by atoms with Crippen LogP contribution < -0.4 is 5.32 Å². The Morgan fingerprint density at radius 3 is 2.76 bits per heavy atom. The van der Waals surface area contributed by atoms with Crippen molar-refractivity contribution in [2.75, 3.05) is 6.54 Å². The molecule has 0 radical (unpaired) electrons. The second-order valence-corrected chi connectivity index (χ2v) is 6.23. The molecule has 1 aliphatic carbocycles. The van der Waals surface area contributed by atoms with Crippen molar-refractivity contribution in [2.24, 2.45) is 5.92 Å². The number of alkyl halides is 1. The van der Waals surface area contributed by atoms with E-state index in [9.17, 15) is 0 Å². The molecule has 2 heteroatoms. The van der Waals surface area contributed by atoms with Gasteiger partial charge in [-0.05, 0) is 37.3 Å². The van der Waals surface area contributed by atoms with Crippen LogP contribution in [0.2, 0.25) is 0 Å². The number of hydrogen-bond acceptors (Lipinski definition) is 1. The van der Waals surface area contributed by atoms with Crippen molar-refractivity contribution < 1.29 is 0 Å². The van der Waals surface area contributed by atoms with Gasteiger partial charge in [-0.15, -0.1) is 11.6 Å². The number of hydrogen-bond donors (Lipinski definition) is 1. The van der Waals surface area contributed by atoms with Crippen molar-refractivity contribution in [1.29, 1.82) is 0 Å². The summed E-state index contributed by atoms with van der Waals surface area (Å²) in [6.07, 6.45) is 6.24. The summed E-state index contributed by atoms with van der Waals surface area (Å²) < 4.78 is 0. The first-order valence-corrected chi connectivity index (χ1v) is 7.15. The minimum absolute atomic E-state index is 0.0595. The molecule has 1 aromatic carbocycles. The van der Waals surface area contributed by atoms with Gasteiger partial charge in [0, 0.05) is 6.04 Å². The van der Waals surface area contributed by atoms with E-state index < -0.39 is 0 Å². The van der Waals surface area contributed by atoms with Crippen molar-refractivity contribution >= 4 is 11.6 Å². The first-order chi connectivity index (χ1) is 8.30. The van der Waals surface area contributed by atoms with E-state index in [-0.39, 0.29) is 4.87 Å². The van der Waals surface area contributed by atoms with Crippen molar-refractivity contribution in [2.45, 2.75) is 43.0 Å². The lowest BCUT2D eigenvalue weighted by molar-refractivity contribution is 0.157. The summed E-state index contributed by atoms with van der Waals surface area (Å²) in [5.74, 6) is 0.606. The smallest absolute Gasteiger partial charge is 0.0505 e. The molecular formula is C15H20ClN. The number of benzene rings is 1. The van der Waals surface area contributed by atoms with E-state index in [0.29, 0.717) is 12.0 Å². The minimum atomic E-state index is 0.0595. The summed E-state index contributed by atoms with van der Waals surface area (Å²) >= 11 is 6.88. The number of piperidine rings is 1. The van der Waals surface area contributed by atoms with Crippen molar-refractivity contribution in [3.63, 3.8) is 0 Å². The fourth-order valence-corrected chi connectivity index (χ4v) is 4.05. The van der Waals surface area contributed by atoms with E-state index in [4.69, 9.17) is 11.6 Å². The number of nitrogens with one attached hydrogen (secondary N) is 1. The molecule has 92 valence electrons. The van der Waals surface area contributed by atoms with Gasteiger partial charge in [-0.3, -0.25) is 0 Å². The van der Waals surface area contributed by atoms with E-state index in [1.54, 1.807) is 0 Å². The van der Waals surface area contributed by atoms with Crippen molar-refractivity contribution in [3.05, 3.63) is 35.9 Å². The van der Waals surface area contributed by atoms with Crippen LogP contribution in [0.4, 0.5) is 0 Å². The Morgan fingerprint density at radius 2 is 1.94 bits per heavy atom. The van der Waals surface area contributed by atoms with Gasteiger partial charge < -0.3 is 5.32 Å². The Bertz CT molecular complexity index is 374. The molecule has 0 aromatic heterocycles. The van der Waals surface area contributed by atoms with Gasteiger partial charge in [0.15, 0.2) is 0 Å². The molecule has 0 bridgehead atoms. The highest BCUT2D eigenvalue weighted by Gasteiger charge is 2.45. The number of halogens is 1. The molecule has 2 aliphatic rings. The lowest BCUT2D eigenvalue weighted by Gasteiger charge is -2.48. The molecule has 1 nitrogen and oxygen atoms in total. The van der Waals surface area contributed by atoms with Crippen LogP contribution >= 0.6 is 11.6 Å². The second kappa shape index (κ2) is 4.62.